The maximum Gasteiger partial charge on any atom is 0.316 e. The van der Waals surface area contributed by atoms with Crippen LogP contribution in [0.4, 0.5) is 0 Å². The maximum absolute atomic E-state index is 14.4. The van der Waals surface area contributed by atoms with E-state index in [0.29, 0.717) is 117 Å². The zero-order valence-electron chi connectivity index (χ0n) is 76.2. The number of carbonyl (C=O) groups excluding carboxylic acids is 2. The van der Waals surface area contributed by atoms with Crippen molar-refractivity contribution in [3.8, 4) is 0 Å². The molecule has 10 saturated heterocycles. The van der Waals surface area contributed by atoms with Crippen LogP contribution >= 0.6 is 0 Å². The normalized spacial score (nSPS) is 49.2. The molecule has 123 heavy (non-hydrogen) atoms. The Balaban J connectivity index is 0.000000212. The van der Waals surface area contributed by atoms with E-state index in [4.69, 9.17) is 94.7 Å². The Hall–Kier alpha value is -4.10. The third kappa shape index (κ3) is 20.8. The largest absolute Gasteiger partial charge is 0.462 e. The topological polar surface area (TPSA) is 340 Å². The number of hydrogen-bond donors (Lipinski definition) is 6. The first-order valence-corrected chi connectivity index (χ1v) is 45.8. The number of methoxy groups -OCH3 is 4. The van der Waals surface area contributed by atoms with Gasteiger partial charge >= 0.3 is 11.9 Å². The minimum absolute atomic E-state index is 0.00708. The molecule has 12 heterocycles. The van der Waals surface area contributed by atoms with E-state index in [1.54, 1.807) is 80.4 Å². The van der Waals surface area contributed by atoms with Crippen LogP contribution in [0, 0.1) is 47.3 Å². The van der Waals surface area contributed by atoms with Crippen molar-refractivity contribution >= 4 is 11.9 Å². The molecule has 2 aliphatic carbocycles. The van der Waals surface area contributed by atoms with Crippen molar-refractivity contribution in [2.45, 2.75) is 402 Å². The number of hydrogen-bond acceptors (Lipinski definition) is 28. The van der Waals surface area contributed by atoms with E-state index < -0.39 is 182 Å². The van der Waals surface area contributed by atoms with Gasteiger partial charge in [0.05, 0.1) is 98.7 Å². The molecule has 14 rings (SSSR count). The fourth-order valence-corrected chi connectivity index (χ4v) is 21.8. The van der Waals surface area contributed by atoms with Gasteiger partial charge < -0.3 is 125 Å². The molecule has 0 radical (unpaired) electrons. The molecule has 28 heteroatoms. The Labute approximate surface area is 728 Å². The molecule has 0 amide bonds. The van der Waals surface area contributed by atoms with Crippen molar-refractivity contribution < 1.29 is 135 Å². The van der Waals surface area contributed by atoms with Crippen LogP contribution in [0.25, 0.3) is 0 Å². The van der Waals surface area contributed by atoms with Crippen LogP contribution in [-0.2, 0) is 104 Å². The maximum atomic E-state index is 14.4. The Morgan fingerprint density at radius 1 is 0.472 bits per heavy atom. The van der Waals surface area contributed by atoms with Crippen molar-refractivity contribution in [2.75, 3.05) is 41.7 Å². The quantitative estimate of drug-likeness (QED) is 0.0655. The average Bonchev–Trinajstić information content (AvgIpc) is 1.61. The summed E-state index contributed by atoms with van der Waals surface area (Å²) in [6, 6.07) is 0. The van der Waals surface area contributed by atoms with Gasteiger partial charge in [-0.05, 0) is 138 Å². The molecule has 694 valence electrons. The predicted octanol–water partition coefficient (Wildman–Crippen LogP) is 10.8. The molecular formula is C95H146O28. The zero-order valence-corrected chi connectivity index (χ0v) is 76.2. The molecule has 0 unspecified atom stereocenters. The summed E-state index contributed by atoms with van der Waals surface area (Å²) < 4.78 is 128. The first-order valence-electron chi connectivity index (χ1n) is 45.8. The first-order chi connectivity index (χ1) is 58.5. The Bertz CT molecular complexity index is 3810. The monoisotopic (exact) mass is 1740 g/mol. The van der Waals surface area contributed by atoms with Gasteiger partial charge in [-0.2, -0.15) is 0 Å². The zero-order chi connectivity index (χ0) is 88.6. The lowest BCUT2D eigenvalue weighted by Crippen LogP contribution is -2.58. The van der Waals surface area contributed by atoms with Crippen LogP contribution < -0.4 is 0 Å². The standard InChI is InChI=1S/C48H74O14.C47H72O14/c1-11-25(2)43-28(5)17-18-47(62-43)23-34-20-33(61-47)16-15-27(4)42(26(3)13-12-14-32-24-55-45-40(49)29(6)19-35(46(51)58-34)48(32,45)52)59-39-22-37(54-10)44(31(8)57-39)60-38-21-36(53-9)41(50)30(7)56-38;1-24(2)41-27(5)16-17-46(61-41)22-33-19-32(60-46)15-14-26(4)42(25(3)12-11-13-31-23-54-44-39(48)28(6)18-34(45(50)57-33)47(31,44)51)58-38-21-36(53-10)43(30(8)56-38)59-37-20-35(52-9)40(49)29(7)55-37/h12-15,19,25-26,28,30-31,33-45,49-50,52H,11,16-18,20-24H2,1-10H3;11-14,18,24-25,27,29-30,32-44,48-49,51H,15-17,19-23H2,1-10H3/b13-12+,27-15+,32-14+;12-11?,26-14+,31-13+/t25-,26+,28+,30+,31+,33-,34+,35+,36+,37+,38+,39+,40-,41+,42+,43-,44+,45-,47-,48-;25-,27-,29-,30-,32+,33-,34-,35-,36-,37-,38-,39+,40-,41+,42-,43-,44+,46+,47+/m10/s1. The van der Waals surface area contributed by atoms with E-state index in [0.717, 1.165) is 30.4 Å². The molecule has 2 spiro atoms. The summed E-state index contributed by atoms with van der Waals surface area (Å²) >= 11 is 0. The van der Waals surface area contributed by atoms with Crippen molar-refractivity contribution in [2.24, 2.45) is 47.3 Å². The van der Waals surface area contributed by atoms with Gasteiger partial charge in [0, 0.05) is 104 Å². The van der Waals surface area contributed by atoms with Gasteiger partial charge in [-0.3, -0.25) is 9.59 Å². The smallest absolute Gasteiger partial charge is 0.316 e. The first kappa shape index (κ1) is 96.5. The average molecular weight is 1740 g/mol. The molecule has 28 nitrogen and oxygen atoms in total. The summed E-state index contributed by atoms with van der Waals surface area (Å²) in [5, 5.41) is 68.4. The van der Waals surface area contributed by atoms with Crippen molar-refractivity contribution in [1.29, 1.82) is 0 Å². The molecule has 6 N–H and O–H groups in total. The molecule has 0 saturated carbocycles. The van der Waals surface area contributed by atoms with Crippen LogP contribution in [-0.4, -0.2) is 279 Å². The second-order valence-electron chi connectivity index (χ2n) is 38.6. The van der Waals surface area contributed by atoms with Crippen LogP contribution in [0.1, 0.15) is 207 Å². The SMILES string of the molecule is CC[C@@H](C)[C@H]1O[C@]2(CC[C@@H]1C)C[C@@H]1C[C@@H](C/C=C(\C)[C@@H](O[C@H]3C[C@H](OC)[C@@H](O[C@H]4C[C@H](OC)[C@@H](O)[C@H](C)O4)[C@H](C)O3)[C@@H](C)/C=C/C=C3\CO[C@@H]4[C@H](O)C(C)=C[C@@H](C(=O)O1)[C@]34O)O2.CO[C@H]1C[C@H](O[C@H]2[C@H](C)O[C@@H](O[C@@H]3/C(C)=C/C[C@@H]4C[C@@H](C[C@]5(CC[C@H](C)[C@@H](C(C)C)O5)O4)OC(=O)[C@@H]4C=C(C)[C@@H](O)[C@H]5OC/C(=C\C=C[C@@H]3C)[C@]54O)C[C@@H]2OC)O[C@@H](C)[C@@H]1O. The second-order valence-corrected chi connectivity index (χ2v) is 38.6. The van der Waals surface area contributed by atoms with Crippen LogP contribution in [0.2, 0.25) is 0 Å². The molecule has 0 aromatic heterocycles. The summed E-state index contributed by atoms with van der Waals surface area (Å²) in [4.78, 5) is 28.7. The molecule has 0 aromatic rings. The van der Waals surface area contributed by atoms with E-state index >= 15 is 0 Å². The van der Waals surface area contributed by atoms with Gasteiger partial charge in [0.25, 0.3) is 0 Å². The Morgan fingerprint density at radius 3 is 1.24 bits per heavy atom. The molecule has 4 bridgehead atoms. The van der Waals surface area contributed by atoms with Crippen LogP contribution in [0.15, 0.2) is 94.2 Å². The number of allylic oxidation sites excluding steroid dienone is 4. The van der Waals surface area contributed by atoms with Gasteiger partial charge in [-0.1, -0.05) is 123 Å². The van der Waals surface area contributed by atoms with Crippen molar-refractivity contribution in [3.05, 3.63) is 94.2 Å². The molecule has 10 fully saturated rings. The second kappa shape index (κ2) is 40.7. The Kier molecular flexibility index (Phi) is 31.9. The molecule has 14 aliphatic rings. The number of ether oxygens (including phenoxy) is 20. The van der Waals surface area contributed by atoms with E-state index in [2.05, 4.69) is 81.4 Å². The number of aliphatic hydroxyl groups is 6. The van der Waals surface area contributed by atoms with E-state index in [-0.39, 0.29) is 67.6 Å². The number of esters is 2. The lowest BCUT2D eigenvalue weighted by molar-refractivity contribution is -0.341. The van der Waals surface area contributed by atoms with Crippen molar-refractivity contribution in [1.82, 2.24) is 0 Å². The summed E-state index contributed by atoms with van der Waals surface area (Å²) in [5.41, 5.74) is 0.372. The molecule has 39 atom stereocenters. The van der Waals surface area contributed by atoms with Gasteiger partial charge in [-0.15, -0.1) is 0 Å². The third-order valence-corrected chi connectivity index (χ3v) is 29.3. The van der Waals surface area contributed by atoms with Gasteiger partial charge in [-0.25, -0.2) is 0 Å². The number of carbonyl (C=O) groups is 2. The molecule has 12 aliphatic heterocycles. The lowest BCUT2D eigenvalue weighted by atomic mass is 9.71. The van der Waals surface area contributed by atoms with Gasteiger partial charge in [0.1, 0.15) is 84.1 Å². The lowest BCUT2D eigenvalue weighted by Gasteiger charge is -2.51. The summed E-state index contributed by atoms with van der Waals surface area (Å²) in [6.45, 7) is 32.5. The predicted molar refractivity (Wildman–Crippen MR) is 450 cm³/mol. The highest BCUT2D eigenvalue weighted by molar-refractivity contribution is 5.79. The number of fused-ring (bicyclic) bond motifs is 4. The van der Waals surface area contributed by atoms with E-state index in [1.807, 2.05) is 38.2 Å². The van der Waals surface area contributed by atoms with Crippen LogP contribution in [0.5, 0.6) is 0 Å². The third-order valence-electron chi connectivity index (χ3n) is 29.3. The highest BCUT2D eigenvalue weighted by Gasteiger charge is 2.63. The highest BCUT2D eigenvalue weighted by atomic mass is 16.8. The minimum atomic E-state index is -1.82. The fraction of sp³-hybridized carbons (Fsp3) is 0.811. The molecule has 0 aromatic carbocycles. The number of aliphatic hydroxyl groups excluding tert-OH is 4. The number of rotatable bonds is 15. The molecular weight excluding hydrogens is 1590 g/mol. The van der Waals surface area contributed by atoms with Crippen molar-refractivity contribution in [3.63, 3.8) is 0 Å². The van der Waals surface area contributed by atoms with E-state index in [1.165, 1.54) is 0 Å². The Morgan fingerprint density at radius 2 is 0.846 bits per heavy atom. The van der Waals surface area contributed by atoms with E-state index in [9.17, 15) is 40.2 Å². The van der Waals surface area contributed by atoms with Crippen LogP contribution in [0.3, 0.4) is 0 Å². The van der Waals surface area contributed by atoms with Gasteiger partial charge in [0.15, 0.2) is 36.7 Å². The highest BCUT2D eigenvalue weighted by Crippen LogP contribution is 2.52. The summed E-state index contributed by atoms with van der Waals surface area (Å²) in [6.07, 6.45) is 12.1. The summed E-state index contributed by atoms with van der Waals surface area (Å²) in [5.74, 6) is -4.25. The summed E-state index contributed by atoms with van der Waals surface area (Å²) in [7, 11) is 6.45. The fourth-order valence-electron chi connectivity index (χ4n) is 21.8. The minimum Gasteiger partial charge on any atom is -0.462 e. The van der Waals surface area contributed by atoms with Gasteiger partial charge in [0.2, 0.25) is 0 Å².